The monoisotopic (exact) mass is 365 g/mol. The molecule has 7 nitrogen and oxygen atoms in total. The predicted octanol–water partition coefficient (Wildman–Crippen LogP) is 1.06. The highest BCUT2D eigenvalue weighted by Gasteiger charge is 2.35. The van der Waals surface area contributed by atoms with Crippen molar-refractivity contribution in [3.8, 4) is 0 Å². The molecule has 25 heavy (non-hydrogen) atoms. The molecule has 0 amide bonds. The van der Waals surface area contributed by atoms with Crippen LogP contribution < -0.4 is 10.0 Å². The molecule has 1 aliphatic heterocycles. The van der Waals surface area contributed by atoms with Gasteiger partial charge in [0.2, 0.25) is 10.0 Å². The summed E-state index contributed by atoms with van der Waals surface area (Å²) in [5.74, 6) is 2.45. The van der Waals surface area contributed by atoms with Crippen LogP contribution in [0, 0.1) is 11.8 Å². The van der Waals surface area contributed by atoms with Crippen LogP contribution in [0.3, 0.4) is 0 Å². The number of guanidine groups is 1. The summed E-state index contributed by atoms with van der Waals surface area (Å²) >= 11 is 0. The highest BCUT2D eigenvalue weighted by atomic mass is 32.2. The molecule has 1 saturated heterocycles. The van der Waals surface area contributed by atoms with Crippen molar-refractivity contribution >= 4 is 16.0 Å². The first-order valence-corrected chi connectivity index (χ1v) is 10.4. The molecule has 1 aromatic heterocycles. The number of sulfonamides is 1. The number of rotatable bonds is 5. The highest BCUT2D eigenvalue weighted by Crippen LogP contribution is 2.35. The number of fused-ring (bicyclic) bond motifs is 1. The molecule has 2 fully saturated rings. The molecule has 2 atom stereocenters. The van der Waals surface area contributed by atoms with Gasteiger partial charge in [0.15, 0.2) is 5.96 Å². The third-order valence-electron chi connectivity index (χ3n) is 5.13. The smallest absolute Gasteiger partial charge is 0.242 e. The standard InChI is InChI=1S/C17H27N5O2S/c1-18-17(22-12-14-5-2-3-6-15(14)13-22)20-9-10-21-25(23,24)16-7-4-8-19-11-16/h4,7-8,11,14-15,21H,2-3,5-6,9-10,12-13H2,1H3,(H,18,20). The molecule has 2 N–H and O–H groups in total. The zero-order chi connectivity index (χ0) is 17.7. The molecule has 2 aliphatic rings. The van der Waals surface area contributed by atoms with E-state index in [1.165, 1.54) is 37.9 Å². The second-order valence-corrected chi connectivity index (χ2v) is 8.54. The number of hydrogen-bond donors (Lipinski definition) is 2. The summed E-state index contributed by atoms with van der Waals surface area (Å²) in [6.07, 6.45) is 8.24. The van der Waals surface area contributed by atoms with Gasteiger partial charge in [-0.25, -0.2) is 13.1 Å². The average Bonchev–Trinajstić information content (AvgIpc) is 3.06. The molecule has 138 valence electrons. The van der Waals surface area contributed by atoms with E-state index in [0.29, 0.717) is 13.1 Å². The third kappa shape index (κ3) is 4.49. The third-order valence-corrected chi connectivity index (χ3v) is 6.58. The second kappa shape index (κ2) is 8.14. The van der Waals surface area contributed by atoms with E-state index in [0.717, 1.165) is 30.9 Å². The van der Waals surface area contributed by atoms with Crippen molar-refractivity contribution in [2.75, 3.05) is 33.2 Å². The van der Waals surface area contributed by atoms with Crippen molar-refractivity contribution in [3.63, 3.8) is 0 Å². The Morgan fingerprint density at radius 2 is 2.00 bits per heavy atom. The van der Waals surface area contributed by atoms with Crippen molar-refractivity contribution in [2.45, 2.75) is 30.6 Å². The number of pyridine rings is 1. The van der Waals surface area contributed by atoms with Gasteiger partial charge in [-0.2, -0.15) is 0 Å². The maximum atomic E-state index is 12.2. The fourth-order valence-corrected chi connectivity index (χ4v) is 4.85. The first kappa shape index (κ1) is 18.1. The van der Waals surface area contributed by atoms with Gasteiger partial charge in [-0.15, -0.1) is 0 Å². The summed E-state index contributed by atoms with van der Waals surface area (Å²) in [4.78, 5) is 10.7. The molecule has 0 radical (unpaired) electrons. The van der Waals surface area contributed by atoms with Crippen molar-refractivity contribution in [1.29, 1.82) is 0 Å². The molecule has 1 aliphatic carbocycles. The second-order valence-electron chi connectivity index (χ2n) is 6.77. The van der Waals surface area contributed by atoms with Gasteiger partial charge < -0.3 is 10.2 Å². The van der Waals surface area contributed by atoms with Gasteiger partial charge in [0.05, 0.1) is 0 Å². The molecule has 3 rings (SSSR count). The Bertz CT molecular complexity index is 678. The largest absolute Gasteiger partial charge is 0.355 e. The number of aromatic nitrogens is 1. The van der Waals surface area contributed by atoms with Crippen LogP contribution in [0.2, 0.25) is 0 Å². The van der Waals surface area contributed by atoms with Gasteiger partial charge in [0.1, 0.15) is 4.90 Å². The van der Waals surface area contributed by atoms with Crippen LogP contribution >= 0.6 is 0 Å². The minimum atomic E-state index is -3.51. The number of aliphatic imine (C=N–C) groups is 1. The predicted molar refractivity (Wildman–Crippen MR) is 97.8 cm³/mol. The SMILES string of the molecule is CN=C(NCCNS(=O)(=O)c1cccnc1)N1CC2CCCCC2C1. The Labute approximate surface area is 150 Å². The van der Waals surface area contributed by atoms with Crippen molar-refractivity contribution in [1.82, 2.24) is 19.9 Å². The molecule has 0 spiro atoms. The van der Waals surface area contributed by atoms with E-state index < -0.39 is 10.0 Å². The van der Waals surface area contributed by atoms with Crippen LogP contribution in [0.5, 0.6) is 0 Å². The summed E-state index contributed by atoms with van der Waals surface area (Å²) < 4.78 is 26.9. The molecular formula is C17H27N5O2S. The first-order valence-electron chi connectivity index (χ1n) is 8.95. The Balaban J connectivity index is 1.46. The summed E-state index contributed by atoms with van der Waals surface area (Å²) in [6, 6.07) is 3.15. The Morgan fingerprint density at radius 1 is 1.28 bits per heavy atom. The van der Waals surface area contributed by atoms with Gasteiger partial charge in [0.25, 0.3) is 0 Å². The van der Waals surface area contributed by atoms with Crippen LogP contribution in [0.15, 0.2) is 34.4 Å². The van der Waals surface area contributed by atoms with E-state index in [2.05, 4.69) is 24.9 Å². The molecule has 8 heteroatoms. The van der Waals surface area contributed by atoms with Gasteiger partial charge in [-0.1, -0.05) is 12.8 Å². The summed E-state index contributed by atoms with van der Waals surface area (Å²) in [7, 11) is -1.73. The van der Waals surface area contributed by atoms with E-state index in [1.807, 2.05) is 0 Å². The molecule has 0 bridgehead atoms. The zero-order valence-corrected chi connectivity index (χ0v) is 15.5. The molecule has 1 aromatic rings. The normalized spacial score (nSPS) is 24.2. The van der Waals surface area contributed by atoms with Crippen molar-refractivity contribution in [2.24, 2.45) is 16.8 Å². The molecule has 0 aromatic carbocycles. The number of likely N-dealkylation sites (tertiary alicyclic amines) is 1. The fourth-order valence-electron chi connectivity index (χ4n) is 3.86. The minimum Gasteiger partial charge on any atom is -0.355 e. The van der Waals surface area contributed by atoms with Crippen LogP contribution in [-0.4, -0.2) is 57.5 Å². The average molecular weight is 366 g/mol. The van der Waals surface area contributed by atoms with E-state index >= 15 is 0 Å². The molecule has 2 heterocycles. The maximum Gasteiger partial charge on any atom is 0.242 e. The van der Waals surface area contributed by atoms with Gasteiger partial charge in [-0.05, 0) is 36.8 Å². The van der Waals surface area contributed by atoms with Gasteiger partial charge in [-0.3, -0.25) is 9.98 Å². The van der Waals surface area contributed by atoms with Gasteiger partial charge >= 0.3 is 0 Å². The quantitative estimate of drug-likeness (QED) is 0.463. The molecular weight excluding hydrogens is 338 g/mol. The van der Waals surface area contributed by atoms with Crippen LogP contribution in [0.1, 0.15) is 25.7 Å². The summed E-state index contributed by atoms with van der Waals surface area (Å²) in [5.41, 5.74) is 0. The van der Waals surface area contributed by atoms with Crippen LogP contribution in [0.4, 0.5) is 0 Å². The summed E-state index contributed by atoms with van der Waals surface area (Å²) in [6.45, 7) is 2.92. The highest BCUT2D eigenvalue weighted by molar-refractivity contribution is 7.89. The van der Waals surface area contributed by atoms with E-state index in [1.54, 1.807) is 19.3 Å². The van der Waals surface area contributed by atoms with E-state index in [4.69, 9.17) is 0 Å². The van der Waals surface area contributed by atoms with Crippen molar-refractivity contribution < 1.29 is 8.42 Å². The summed E-state index contributed by atoms with van der Waals surface area (Å²) in [5, 5.41) is 3.28. The van der Waals surface area contributed by atoms with Crippen LogP contribution in [0.25, 0.3) is 0 Å². The Hall–Kier alpha value is -1.67. The lowest BCUT2D eigenvalue weighted by atomic mass is 9.82. The lowest BCUT2D eigenvalue weighted by molar-refractivity contribution is 0.299. The number of nitrogens with one attached hydrogen (secondary N) is 2. The Morgan fingerprint density at radius 3 is 2.60 bits per heavy atom. The number of nitrogens with zero attached hydrogens (tertiary/aromatic N) is 3. The van der Waals surface area contributed by atoms with Crippen LogP contribution in [-0.2, 0) is 10.0 Å². The van der Waals surface area contributed by atoms with Crippen molar-refractivity contribution in [3.05, 3.63) is 24.5 Å². The Kier molecular flexibility index (Phi) is 5.90. The molecule has 2 unspecified atom stereocenters. The lowest BCUT2D eigenvalue weighted by Crippen LogP contribution is -2.43. The van der Waals surface area contributed by atoms with E-state index in [-0.39, 0.29) is 4.90 Å². The molecule has 1 saturated carbocycles. The first-order chi connectivity index (χ1) is 12.1. The lowest BCUT2D eigenvalue weighted by Gasteiger charge is -2.22. The maximum absolute atomic E-state index is 12.2. The van der Waals surface area contributed by atoms with E-state index in [9.17, 15) is 8.42 Å². The number of hydrogen-bond acceptors (Lipinski definition) is 4. The zero-order valence-electron chi connectivity index (χ0n) is 14.7. The minimum absolute atomic E-state index is 0.183. The topological polar surface area (TPSA) is 86.7 Å². The van der Waals surface area contributed by atoms with Gasteiger partial charge in [0, 0.05) is 45.6 Å². The fraction of sp³-hybridized carbons (Fsp3) is 0.647.